The molecule has 0 saturated carbocycles. The summed E-state index contributed by atoms with van der Waals surface area (Å²) in [7, 11) is 0. The molecule has 0 radical (unpaired) electrons. The highest BCUT2D eigenvalue weighted by atomic mass is 16.5. The van der Waals surface area contributed by atoms with E-state index in [0.717, 1.165) is 0 Å². The Morgan fingerprint density at radius 1 is 1.42 bits per heavy atom. The number of nitrogens with one attached hydrogen (secondary N) is 2. The quantitative estimate of drug-likeness (QED) is 0.707. The van der Waals surface area contributed by atoms with Crippen molar-refractivity contribution < 1.29 is 28.6 Å². The lowest BCUT2D eigenvalue weighted by Crippen LogP contribution is -2.32. The molecule has 3 N–H and O–H groups in total. The van der Waals surface area contributed by atoms with Gasteiger partial charge in [0.1, 0.15) is 17.7 Å². The monoisotopic (exact) mass is 359 g/mol. The molecule has 0 unspecified atom stereocenters. The molecule has 0 aromatic carbocycles. The van der Waals surface area contributed by atoms with Crippen molar-refractivity contribution >= 4 is 23.5 Å². The van der Waals surface area contributed by atoms with E-state index in [1.807, 2.05) is 0 Å². The number of hydrogen-bond acceptors (Lipinski definition) is 6. The van der Waals surface area contributed by atoms with Gasteiger partial charge in [0.05, 0.1) is 29.8 Å². The molecule has 0 saturated heterocycles. The van der Waals surface area contributed by atoms with Crippen LogP contribution in [0.4, 0.5) is 5.69 Å². The van der Waals surface area contributed by atoms with Crippen LogP contribution in [0.2, 0.25) is 0 Å². The van der Waals surface area contributed by atoms with Crippen LogP contribution < -0.4 is 15.4 Å². The number of fused-ring (bicyclic) bond motifs is 1. The van der Waals surface area contributed by atoms with E-state index in [1.54, 1.807) is 6.92 Å². The van der Waals surface area contributed by atoms with Gasteiger partial charge in [0.15, 0.2) is 0 Å². The van der Waals surface area contributed by atoms with Gasteiger partial charge in [-0.1, -0.05) is 0 Å². The highest BCUT2D eigenvalue weighted by molar-refractivity contribution is 6.13. The zero-order valence-electron chi connectivity index (χ0n) is 14.0. The second-order valence-electron chi connectivity index (χ2n) is 5.57. The second kappa shape index (κ2) is 7.26. The summed E-state index contributed by atoms with van der Waals surface area (Å²) in [6.07, 6.45) is 1.51. The Labute approximate surface area is 148 Å². The van der Waals surface area contributed by atoms with Crippen LogP contribution in [0.15, 0.2) is 22.8 Å². The Balaban J connectivity index is 1.86. The first-order valence-corrected chi connectivity index (χ1v) is 8.04. The fourth-order valence-corrected chi connectivity index (χ4v) is 2.64. The molecule has 0 atom stereocenters. The predicted molar refractivity (Wildman–Crippen MR) is 89.4 cm³/mol. The number of carbonyl (C=O) groups is 3. The number of rotatable bonds is 6. The minimum Gasteiger partial charge on any atom is -0.481 e. The van der Waals surface area contributed by atoms with Crippen LogP contribution in [0, 0.1) is 0 Å². The summed E-state index contributed by atoms with van der Waals surface area (Å²) in [4.78, 5) is 39.5. The van der Waals surface area contributed by atoms with Crippen LogP contribution in [0.5, 0.6) is 5.88 Å². The van der Waals surface area contributed by atoms with Crippen molar-refractivity contribution in [2.45, 2.75) is 19.8 Å². The van der Waals surface area contributed by atoms with Gasteiger partial charge < -0.3 is 24.9 Å². The third kappa shape index (κ3) is 3.51. The lowest BCUT2D eigenvalue weighted by Gasteiger charge is -2.13. The topological polar surface area (TPSA) is 131 Å². The van der Waals surface area contributed by atoms with E-state index < -0.39 is 11.9 Å². The molecule has 2 amide bonds. The Morgan fingerprint density at radius 2 is 2.23 bits per heavy atom. The summed E-state index contributed by atoms with van der Waals surface area (Å²) in [6.45, 7) is 2.49. The number of pyridine rings is 1. The van der Waals surface area contributed by atoms with Gasteiger partial charge >= 0.3 is 5.97 Å². The lowest BCUT2D eigenvalue weighted by molar-refractivity contribution is -0.136. The van der Waals surface area contributed by atoms with Crippen molar-refractivity contribution in [3.05, 3.63) is 41.0 Å². The Morgan fingerprint density at radius 3 is 2.96 bits per heavy atom. The van der Waals surface area contributed by atoms with E-state index in [-0.39, 0.29) is 41.6 Å². The zero-order valence-corrected chi connectivity index (χ0v) is 14.0. The van der Waals surface area contributed by atoms with Crippen molar-refractivity contribution in [3.8, 4) is 5.88 Å². The van der Waals surface area contributed by atoms with Gasteiger partial charge in [-0.05, 0) is 19.1 Å². The Hall–Kier alpha value is -3.36. The van der Waals surface area contributed by atoms with Crippen LogP contribution >= 0.6 is 0 Å². The Kier molecular flexibility index (Phi) is 4.87. The normalized spacial score (nSPS) is 12.9. The van der Waals surface area contributed by atoms with Crippen molar-refractivity contribution in [1.29, 1.82) is 0 Å². The molecule has 2 aromatic heterocycles. The first kappa shape index (κ1) is 17.5. The van der Waals surface area contributed by atoms with Crippen molar-refractivity contribution in [1.82, 2.24) is 10.3 Å². The molecule has 26 heavy (non-hydrogen) atoms. The highest BCUT2D eigenvalue weighted by Crippen LogP contribution is 2.26. The summed E-state index contributed by atoms with van der Waals surface area (Å²) < 4.78 is 10.7. The van der Waals surface area contributed by atoms with E-state index in [9.17, 15) is 14.4 Å². The minimum atomic E-state index is -1.02. The molecule has 0 bridgehead atoms. The molecule has 1 aliphatic heterocycles. The molecule has 3 heterocycles. The molecule has 2 aromatic rings. The van der Waals surface area contributed by atoms with Crippen molar-refractivity contribution in [2.24, 2.45) is 0 Å². The zero-order chi connectivity index (χ0) is 18.7. The van der Waals surface area contributed by atoms with Crippen LogP contribution in [-0.4, -0.2) is 41.0 Å². The first-order chi connectivity index (χ1) is 12.5. The molecule has 0 spiro atoms. The largest absolute Gasteiger partial charge is 0.481 e. The van der Waals surface area contributed by atoms with Crippen molar-refractivity contribution in [2.75, 3.05) is 18.5 Å². The van der Waals surface area contributed by atoms with Gasteiger partial charge in [0, 0.05) is 13.0 Å². The number of nitrogens with zero attached hydrogens (tertiary/aromatic N) is 1. The van der Waals surface area contributed by atoms with E-state index in [4.69, 9.17) is 14.3 Å². The summed E-state index contributed by atoms with van der Waals surface area (Å²) in [5, 5.41) is 14.2. The number of aliphatic carboxylic acids is 1. The molecule has 1 aliphatic rings. The highest BCUT2D eigenvalue weighted by Gasteiger charge is 2.28. The molecule has 3 rings (SSSR count). The van der Waals surface area contributed by atoms with Gasteiger partial charge in [-0.15, -0.1) is 0 Å². The molecular formula is C17H17N3O6. The minimum absolute atomic E-state index is 0.112. The number of amides is 2. The standard InChI is InChI=1S/C17H17N3O6/c1-2-25-17-11(4-3-9(19-17)7-13(21)22)20-15(23)10-8-26-12-5-6-18-16(24)14(10)12/h3-4,8H,2,5-7H2,1H3,(H,18,24)(H,20,23)(H,21,22). The van der Waals surface area contributed by atoms with Crippen LogP contribution in [-0.2, 0) is 17.6 Å². The molecular weight excluding hydrogens is 342 g/mol. The van der Waals surface area contributed by atoms with Crippen LogP contribution in [0.3, 0.4) is 0 Å². The third-order valence-electron chi connectivity index (χ3n) is 3.76. The number of carbonyl (C=O) groups excluding carboxylic acids is 2. The second-order valence-corrected chi connectivity index (χ2v) is 5.57. The number of carboxylic acids is 1. The number of hydrogen-bond donors (Lipinski definition) is 3. The average molecular weight is 359 g/mol. The van der Waals surface area contributed by atoms with Crippen LogP contribution in [0.25, 0.3) is 0 Å². The number of furan rings is 1. The van der Waals surface area contributed by atoms with Gasteiger partial charge in [-0.25, -0.2) is 4.98 Å². The average Bonchev–Trinajstić information content (AvgIpc) is 3.02. The van der Waals surface area contributed by atoms with Gasteiger partial charge in [-0.3, -0.25) is 14.4 Å². The van der Waals surface area contributed by atoms with Crippen LogP contribution in [0.1, 0.15) is 39.1 Å². The first-order valence-electron chi connectivity index (χ1n) is 8.04. The number of anilines is 1. The summed E-state index contributed by atoms with van der Waals surface area (Å²) in [5.74, 6) is -1.33. The molecule has 9 heteroatoms. The number of ether oxygens (including phenoxy) is 1. The molecule has 0 fully saturated rings. The summed E-state index contributed by atoms with van der Waals surface area (Å²) in [6, 6.07) is 3.00. The van der Waals surface area contributed by atoms with Gasteiger partial charge in [0.2, 0.25) is 5.88 Å². The van der Waals surface area contributed by atoms with Crippen molar-refractivity contribution in [3.63, 3.8) is 0 Å². The third-order valence-corrected chi connectivity index (χ3v) is 3.76. The lowest BCUT2D eigenvalue weighted by atomic mass is 10.0. The number of aromatic nitrogens is 1. The summed E-state index contributed by atoms with van der Waals surface area (Å²) in [5.41, 5.74) is 0.924. The molecule has 136 valence electrons. The predicted octanol–water partition coefficient (Wildman–Crippen LogP) is 1.24. The number of carboxylic acid groups (broad SMARTS) is 1. The maximum absolute atomic E-state index is 12.6. The van der Waals surface area contributed by atoms with Gasteiger partial charge in [0.25, 0.3) is 11.8 Å². The molecule has 9 nitrogen and oxygen atoms in total. The Bertz CT molecular complexity index is 873. The summed E-state index contributed by atoms with van der Waals surface area (Å²) >= 11 is 0. The van der Waals surface area contributed by atoms with E-state index >= 15 is 0 Å². The fraction of sp³-hybridized carbons (Fsp3) is 0.294. The van der Waals surface area contributed by atoms with Gasteiger partial charge in [-0.2, -0.15) is 0 Å². The maximum atomic E-state index is 12.6. The maximum Gasteiger partial charge on any atom is 0.309 e. The van der Waals surface area contributed by atoms with E-state index in [1.165, 1.54) is 18.4 Å². The smallest absolute Gasteiger partial charge is 0.309 e. The SMILES string of the molecule is CCOc1nc(CC(=O)O)ccc1NC(=O)c1coc2c1C(=O)NCC2. The molecule has 0 aliphatic carbocycles. The van der Waals surface area contributed by atoms with E-state index in [2.05, 4.69) is 15.6 Å². The fourth-order valence-electron chi connectivity index (χ4n) is 2.64. The van der Waals surface area contributed by atoms with E-state index in [0.29, 0.717) is 24.4 Å².